The van der Waals surface area contributed by atoms with E-state index in [1.807, 2.05) is 45.0 Å². The van der Waals surface area contributed by atoms with E-state index in [0.717, 1.165) is 22.4 Å². The van der Waals surface area contributed by atoms with Gasteiger partial charge in [-0.15, -0.1) is 0 Å². The standard InChI is InChI=1S/C39H41Cl2N7O6/c1-22-11-12-24(36(51)43-20-34(50)42-6)16-29(22)47-23(2)15-31(35(41)37(47)52)54-21-26-10-8-7-9-25(26)19-44-38(53)45-33-18-32(39(3,4)5)46-48(33)27-13-14-28(40)30(49)17-27/h7-18,49H,19-21H2,1-6H3,(H,42,50)(H,43,51)(H2,44,45,53). The second-order valence-corrected chi connectivity index (χ2v) is 14.3. The summed E-state index contributed by atoms with van der Waals surface area (Å²) in [6.45, 7) is 9.54. The molecule has 0 saturated carbocycles. The Morgan fingerprint density at radius 2 is 1.65 bits per heavy atom. The fraction of sp³-hybridized carbons (Fsp3) is 0.256. The number of aryl methyl sites for hydroxylation is 2. The van der Waals surface area contributed by atoms with Gasteiger partial charge in [-0.05, 0) is 54.8 Å². The van der Waals surface area contributed by atoms with Gasteiger partial charge >= 0.3 is 6.03 Å². The Kier molecular flexibility index (Phi) is 12.0. The molecule has 0 aliphatic rings. The first-order valence-corrected chi connectivity index (χ1v) is 17.7. The molecule has 2 aromatic heterocycles. The van der Waals surface area contributed by atoms with Crippen LogP contribution >= 0.6 is 23.2 Å². The number of nitrogens with one attached hydrogen (secondary N) is 4. The highest BCUT2D eigenvalue weighted by Gasteiger charge is 2.23. The maximum atomic E-state index is 13.6. The Hall–Kier alpha value is -5.79. The van der Waals surface area contributed by atoms with Gasteiger partial charge in [-0.3, -0.25) is 24.3 Å². The number of hydrogen-bond donors (Lipinski definition) is 5. The van der Waals surface area contributed by atoms with Crippen LogP contribution in [-0.4, -0.2) is 50.9 Å². The number of anilines is 1. The zero-order chi connectivity index (χ0) is 39.3. The number of hydrogen-bond acceptors (Lipinski definition) is 7. The fourth-order valence-electron chi connectivity index (χ4n) is 5.46. The van der Waals surface area contributed by atoms with E-state index in [9.17, 15) is 24.3 Å². The topological polar surface area (TPSA) is 169 Å². The molecule has 4 amide bonds. The van der Waals surface area contributed by atoms with E-state index in [1.54, 1.807) is 56.3 Å². The van der Waals surface area contributed by atoms with Gasteiger partial charge in [0.2, 0.25) is 5.91 Å². The maximum Gasteiger partial charge on any atom is 0.320 e. The number of amides is 4. The fourth-order valence-corrected chi connectivity index (χ4v) is 5.77. The Morgan fingerprint density at radius 3 is 2.33 bits per heavy atom. The van der Waals surface area contributed by atoms with E-state index in [1.165, 1.54) is 22.4 Å². The van der Waals surface area contributed by atoms with E-state index in [4.69, 9.17) is 27.9 Å². The normalized spacial score (nSPS) is 11.2. The van der Waals surface area contributed by atoms with Crippen molar-refractivity contribution in [3.8, 4) is 22.9 Å². The third-order valence-corrected chi connectivity index (χ3v) is 9.20. The number of nitrogens with zero attached hydrogens (tertiary/aromatic N) is 3. The first-order valence-electron chi connectivity index (χ1n) is 16.9. The van der Waals surface area contributed by atoms with Crippen molar-refractivity contribution in [2.45, 2.75) is 53.2 Å². The van der Waals surface area contributed by atoms with Crippen molar-refractivity contribution < 1.29 is 24.2 Å². The molecule has 0 atom stereocenters. The summed E-state index contributed by atoms with van der Waals surface area (Å²) >= 11 is 12.6. The number of benzene rings is 3. The first kappa shape index (κ1) is 39.4. The average Bonchev–Trinajstić information content (AvgIpc) is 3.57. The lowest BCUT2D eigenvalue weighted by molar-refractivity contribution is -0.119. The number of rotatable bonds is 11. The molecule has 5 aromatic rings. The number of pyridine rings is 1. The summed E-state index contributed by atoms with van der Waals surface area (Å²) in [5, 5.41) is 25.6. The summed E-state index contributed by atoms with van der Waals surface area (Å²) in [7, 11) is 1.47. The molecule has 5 N–H and O–H groups in total. The highest BCUT2D eigenvalue weighted by atomic mass is 35.5. The molecule has 0 unspecified atom stereocenters. The zero-order valence-electron chi connectivity index (χ0n) is 30.6. The molecule has 0 aliphatic heterocycles. The molecule has 0 saturated heterocycles. The van der Waals surface area contributed by atoms with Crippen molar-refractivity contribution in [1.82, 2.24) is 30.3 Å². The molecule has 13 nitrogen and oxygen atoms in total. The summed E-state index contributed by atoms with van der Waals surface area (Å²) in [6, 6.07) is 19.9. The van der Waals surface area contributed by atoms with Crippen LogP contribution in [0.25, 0.3) is 11.4 Å². The van der Waals surface area contributed by atoms with E-state index >= 15 is 0 Å². The third kappa shape index (κ3) is 9.04. The molecule has 0 spiro atoms. The number of likely N-dealkylation sites (N-methyl/N-ethyl adjacent to an activating group) is 1. The Morgan fingerprint density at radius 1 is 0.926 bits per heavy atom. The summed E-state index contributed by atoms with van der Waals surface area (Å²) in [4.78, 5) is 51.1. The maximum absolute atomic E-state index is 13.6. The first-order chi connectivity index (χ1) is 25.6. The van der Waals surface area contributed by atoms with E-state index in [2.05, 4.69) is 26.4 Å². The number of phenolic OH excluding ortho intramolecular Hbond substituents is 1. The molecule has 0 radical (unpaired) electrons. The Labute approximate surface area is 322 Å². The van der Waals surface area contributed by atoms with Gasteiger partial charge in [0, 0.05) is 48.5 Å². The second-order valence-electron chi connectivity index (χ2n) is 13.5. The van der Waals surface area contributed by atoms with Gasteiger partial charge < -0.3 is 25.8 Å². The average molecular weight is 775 g/mol. The van der Waals surface area contributed by atoms with Gasteiger partial charge in [0.25, 0.3) is 11.5 Å². The minimum absolute atomic E-state index is 0.0455. The Bertz CT molecular complexity index is 2290. The van der Waals surface area contributed by atoms with Crippen LogP contribution < -0.4 is 31.6 Å². The van der Waals surface area contributed by atoms with Gasteiger partial charge in [-0.2, -0.15) is 5.10 Å². The number of phenols is 1. The molecule has 0 fully saturated rings. The van der Waals surface area contributed by atoms with Gasteiger partial charge in [0.05, 0.1) is 28.6 Å². The number of carbonyl (C=O) groups excluding carboxylic acids is 3. The molecule has 2 heterocycles. The molecular weight excluding hydrogens is 733 g/mol. The minimum Gasteiger partial charge on any atom is -0.506 e. The minimum atomic E-state index is -0.535. The summed E-state index contributed by atoms with van der Waals surface area (Å²) < 4.78 is 9.01. The van der Waals surface area contributed by atoms with Gasteiger partial charge in [0.15, 0.2) is 0 Å². The smallest absolute Gasteiger partial charge is 0.320 e. The lowest BCUT2D eigenvalue weighted by Gasteiger charge is -2.18. The quantitative estimate of drug-likeness (QED) is 0.105. The third-order valence-electron chi connectivity index (χ3n) is 8.54. The molecule has 15 heteroatoms. The van der Waals surface area contributed by atoms with Crippen molar-refractivity contribution in [3.05, 3.63) is 127 Å². The van der Waals surface area contributed by atoms with Crippen LogP contribution in [0.1, 0.15) is 59.2 Å². The predicted molar refractivity (Wildman–Crippen MR) is 208 cm³/mol. The molecular formula is C39H41Cl2N7O6. The monoisotopic (exact) mass is 773 g/mol. The number of aromatic nitrogens is 3. The largest absolute Gasteiger partial charge is 0.506 e. The van der Waals surface area contributed by atoms with Crippen LogP contribution in [0.2, 0.25) is 10.0 Å². The predicted octanol–water partition coefficient (Wildman–Crippen LogP) is 6.33. The number of halogens is 2. The molecule has 54 heavy (non-hydrogen) atoms. The summed E-state index contributed by atoms with van der Waals surface area (Å²) in [5.41, 5.74) is 3.85. The summed E-state index contributed by atoms with van der Waals surface area (Å²) in [6.07, 6.45) is 0. The van der Waals surface area contributed by atoms with Crippen molar-refractivity contribution in [2.75, 3.05) is 18.9 Å². The number of carbonyl (C=O) groups is 3. The number of aromatic hydroxyl groups is 1. The van der Waals surface area contributed by atoms with Crippen molar-refractivity contribution in [3.63, 3.8) is 0 Å². The SMILES string of the molecule is CNC(=O)CNC(=O)c1ccc(C)c(-n2c(C)cc(OCc3ccccc3CNC(=O)Nc3cc(C(C)(C)C)nn3-c3ccc(Cl)c(O)c3)c(Cl)c2=O)c1. The molecule has 5 rings (SSSR count). The van der Waals surface area contributed by atoms with Gasteiger partial charge in [0.1, 0.15) is 28.9 Å². The molecule has 282 valence electrons. The van der Waals surface area contributed by atoms with Crippen LogP contribution in [-0.2, 0) is 23.4 Å². The lowest BCUT2D eigenvalue weighted by Crippen LogP contribution is -2.35. The molecule has 3 aromatic carbocycles. The van der Waals surface area contributed by atoms with Crippen molar-refractivity contribution >= 4 is 46.9 Å². The van der Waals surface area contributed by atoms with E-state index in [0.29, 0.717) is 22.9 Å². The lowest BCUT2D eigenvalue weighted by atomic mass is 9.92. The summed E-state index contributed by atoms with van der Waals surface area (Å²) in [5.74, 6) is -0.368. The van der Waals surface area contributed by atoms with Gasteiger partial charge in [-0.1, -0.05) is 74.3 Å². The van der Waals surface area contributed by atoms with Crippen LogP contribution in [0.3, 0.4) is 0 Å². The van der Waals surface area contributed by atoms with Crippen LogP contribution in [0.5, 0.6) is 11.5 Å². The van der Waals surface area contributed by atoms with E-state index in [-0.39, 0.29) is 58.1 Å². The van der Waals surface area contributed by atoms with Crippen LogP contribution in [0.15, 0.2) is 77.6 Å². The van der Waals surface area contributed by atoms with Crippen molar-refractivity contribution in [2.24, 2.45) is 0 Å². The van der Waals surface area contributed by atoms with Crippen LogP contribution in [0.4, 0.5) is 10.6 Å². The highest BCUT2D eigenvalue weighted by molar-refractivity contribution is 6.32. The van der Waals surface area contributed by atoms with E-state index < -0.39 is 17.5 Å². The van der Waals surface area contributed by atoms with Gasteiger partial charge in [-0.25, -0.2) is 9.48 Å². The Balaban J connectivity index is 1.30. The van der Waals surface area contributed by atoms with Crippen molar-refractivity contribution in [1.29, 1.82) is 0 Å². The molecule has 0 bridgehead atoms. The van der Waals surface area contributed by atoms with Crippen LogP contribution in [0, 0.1) is 13.8 Å². The highest BCUT2D eigenvalue weighted by Crippen LogP contribution is 2.31. The molecule has 0 aliphatic carbocycles. The number of urea groups is 1. The second kappa shape index (κ2) is 16.5. The zero-order valence-corrected chi connectivity index (χ0v) is 32.1. The number of ether oxygens (including phenoxy) is 1.